The van der Waals surface area contributed by atoms with Crippen LogP contribution in [0, 0.1) is 23.3 Å². The molecule has 0 spiro atoms. The standard InChI is InChI=1S/C15H10Cl2F4N2O3/c1-26-14-11(20)9(18)10(19)13(12(14)21)23-15(25)22-8-3-5(16)2-7(17)6(8)4-24/h2-3,24H,4H2,1H3,(H2,22,23,25). The average Bonchev–Trinajstić information content (AvgIpc) is 2.57. The van der Waals surface area contributed by atoms with Crippen molar-refractivity contribution < 1.29 is 32.2 Å². The van der Waals surface area contributed by atoms with E-state index in [0.29, 0.717) is 0 Å². The van der Waals surface area contributed by atoms with E-state index in [0.717, 1.165) is 7.11 Å². The van der Waals surface area contributed by atoms with E-state index in [1.807, 2.05) is 0 Å². The Kier molecular flexibility index (Phi) is 6.17. The summed E-state index contributed by atoms with van der Waals surface area (Å²) in [6.45, 7) is -0.576. The number of methoxy groups -OCH3 is 1. The molecule has 0 aliphatic heterocycles. The van der Waals surface area contributed by atoms with Gasteiger partial charge in [-0.25, -0.2) is 18.0 Å². The van der Waals surface area contributed by atoms with Gasteiger partial charge in [0, 0.05) is 15.6 Å². The summed E-state index contributed by atoms with van der Waals surface area (Å²) in [5.41, 5.74) is -1.25. The lowest BCUT2D eigenvalue weighted by Crippen LogP contribution is -2.22. The zero-order chi connectivity index (χ0) is 19.6. The van der Waals surface area contributed by atoms with Crippen LogP contribution in [0.3, 0.4) is 0 Å². The zero-order valence-corrected chi connectivity index (χ0v) is 14.4. The number of carbonyl (C=O) groups excluding carboxylic acids is 1. The first-order valence-electron chi connectivity index (χ1n) is 6.77. The first-order chi connectivity index (χ1) is 12.2. The number of carbonyl (C=O) groups is 1. The molecule has 140 valence electrons. The van der Waals surface area contributed by atoms with Gasteiger partial charge in [-0.2, -0.15) is 4.39 Å². The van der Waals surface area contributed by atoms with Crippen molar-refractivity contribution in [2.45, 2.75) is 6.61 Å². The molecule has 0 radical (unpaired) electrons. The zero-order valence-electron chi connectivity index (χ0n) is 12.9. The van der Waals surface area contributed by atoms with E-state index < -0.39 is 47.3 Å². The molecule has 0 fully saturated rings. The molecule has 2 amide bonds. The first-order valence-corrected chi connectivity index (χ1v) is 7.53. The number of hydrogen-bond acceptors (Lipinski definition) is 3. The number of ether oxygens (including phenoxy) is 1. The van der Waals surface area contributed by atoms with Crippen LogP contribution < -0.4 is 15.4 Å². The monoisotopic (exact) mass is 412 g/mol. The summed E-state index contributed by atoms with van der Waals surface area (Å²) in [7, 11) is 0.837. The molecule has 0 aliphatic carbocycles. The highest BCUT2D eigenvalue weighted by molar-refractivity contribution is 6.35. The van der Waals surface area contributed by atoms with Crippen LogP contribution in [0.1, 0.15) is 5.56 Å². The Hall–Kier alpha value is -2.23. The Balaban J connectivity index is 2.37. The molecular formula is C15H10Cl2F4N2O3. The molecule has 3 N–H and O–H groups in total. The van der Waals surface area contributed by atoms with Crippen LogP contribution in [-0.4, -0.2) is 18.2 Å². The van der Waals surface area contributed by atoms with Gasteiger partial charge in [0.05, 0.1) is 19.4 Å². The highest BCUT2D eigenvalue weighted by Crippen LogP contribution is 2.34. The minimum absolute atomic E-state index is 0.0298. The molecule has 0 saturated carbocycles. The van der Waals surface area contributed by atoms with Crippen LogP contribution >= 0.6 is 23.2 Å². The van der Waals surface area contributed by atoms with Crippen LogP contribution in [-0.2, 0) is 6.61 Å². The maximum atomic E-state index is 14.1. The second kappa shape index (κ2) is 7.98. The van der Waals surface area contributed by atoms with Crippen molar-refractivity contribution in [2.24, 2.45) is 0 Å². The van der Waals surface area contributed by atoms with Crippen molar-refractivity contribution in [1.29, 1.82) is 0 Å². The van der Waals surface area contributed by atoms with Gasteiger partial charge in [0.15, 0.2) is 17.4 Å². The predicted octanol–water partition coefficient (Wildman–Crippen LogP) is 4.69. The highest BCUT2D eigenvalue weighted by atomic mass is 35.5. The molecule has 0 saturated heterocycles. The van der Waals surface area contributed by atoms with Crippen LogP contribution in [0.2, 0.25) is 10.0 Å². The summed E-state index contributed by atoms with van der Waals surface area (Å²) in [5, 5.41) is 13.3. The fourth-order valence-electron chi connectivity index (χ4n) is 2.04. The predicted molar refractivity (Wildman–Crippen MR) is 87.9 cm³/mol. The van der Waals surface area contributed by atoms with Crippen molar-refractivity contribution in [3.05, 3.63) is 51.0 Å². The summed E-state index contributed by atoms with van der Waals surface area (Å²) in [6.07, 6.45) is 0. The maximum Gasteiger partial charge on any atom is 0.323 e. The number of anilines is 2. The van der Waals surface area contributed by atoms with E-state index in [1.165, 1.54) is 12.1 Å². The van der Waals surface area contributed by atoms with Crippen molar-refractivity contribution in [3.63, 3.8) is 0 Å². The lowest BCUT2D eigenvalue weighted by molar-refractivity contribution is 0.261. The van der Waals surface area contributed by atoms with Crippen molar-refractivity contribution in [3.8, 4) is 5.75 Å². The number of halogens is 6. The van der Waals surface area contributed by atoms with E-state index in [2.05, 4.69) is 10.1 Å². The Morgan fingerprint density at radius 3 is 2.31 bits per heavy atom. The molecule has 0 unspecified atom stereocenters. The second-order valence-electron chi connectivity index (χ2n) is 4.82. The Bertz CT molecular complexity index is 881. The number of urea groups is 1. The summed E-state index contributed by atoms with van der Waals surface area (Å²) < 4.78 is 59.0. The van der Waals surface area contributed by atoms with Gasteiger partial charge in [-0.1, -0.05) is 23.2 Å². The van der Waals surface area contributed by atoms with Crippen molar-refractivity contribution in [2.75, 3.05) is 17.7 Å². The lowest BCUT2D eigenvalue weighted by atomic mass is 10.2. The SMILES string of the molecule is COc1c(F)c(F)c(F)c(NC(=O)Nc2cc(Cl)cc(Cl)c2CO)c1F. The Labute approximate surface area is 154 Å². The van der Waals surface area contributed by atoms with Crippen molar-refractivity contribution in [1.82, 2.24) is 0 Å². The molecule has 0 bridgehead atoms. The van der Waals surface area contributed by atoms with Gasteiger partial charge >= 0.3 is 6.03 Å². The summed E-state index contributed by atoms with van der Waals surface area (Å²) in [5.74, 6) is -8.72. The van der Waals surface area contributed by atoms with Gasteiger partial charge in [0.25, 0.3) is 0 Å². The minimum atomic E-state index is -2.03. The average molecular weight is 413 g/mol. The van der Waals surface area contributed by atoms with E-state index >= 15 is 0 Å². The molecule has 2 rings (SSSR count). The van der Waals surface area contributed by atoms with Gasteiger partial charge in [0.1, 0.15) is 5.69 Å². The molecule has 0 heterocycles. The molecule has 11 heteroatoms. The fraction of sp³-hybridized carbons (Fsp3) is 0.133. The van der Waals surface area contributed by atoms with Crippen LogP contribution in [0.25, 0.3) is 0 Å². The number of hydrogen-bond donors (Lipinski definition) is 3. The van der Waals surface area contributed by atoms with Gasteiger partial charge in [-0.05, 0) is 12.1 Å². The third-order valence-corrected chi connectivity index (χ3v) is 3.79. The molecule has 0 aromatic heterocycles. The highest BCUT2D eigenvalue weighted by Gasteiger charge is 2.27. The van der Waals surface area contributed by atoms with E-state index in [4.69, 9.17) is 23.2 Å². The smallest absolute Gasteiger partial charge is 0.323 e. The first kappa shape index (κ1) is 20.1. The van der Waals surface area contributed by atoms with E-state index in [-0.39, 0.29) is 21.3 Å². The van der Waals surface area contributed by atoms with Crippen LogP contribution in [0.5, 0.6) is 5.75 Å². The normalized spacial score (nSPS) is 10.6. The van der Waals surface area contributed by atoms with Gasteiger partial charge in [-0.15, -0.1) is 0 Å². The largest absolute Gasteiger partial charge is 0.491 e. The van der Waals surface area contributed by atoms with Crippen LogP contribution in [0.15, 0.2) is 12.1 Å². The summed E-state index contributed by atoms with van der Waals surface area (Å²) >= 11 is 11.6. The van der Waals surface area contributed by atoms with Gasteiger partial charge in [0.2, 0.25) is 11.6 Å². The second-order valence-corrected chi connectivity index (χ2v) is 5.66. The minimum Gasteiger partial charge on any atom is -0.491 e. The Morgan fingerprint density at radius 2 is 1.73 bits per heavy atom. The summed E-state index contributed by atoms with van der Waals surface area (Å²) in [6, 6.07) is 1.29. The number of nitrogens with one attached hydrogen (secondary N) is 2. The lowest BCUT2D eigenvalue weighted by Gasteiger charge is -2.15. The molecule has 26 heavy (non-hydrogen) atoms. The quantitative estimate of drug-likeness (QED) is 0.387. The number of benzene rings is 2. The van der Waals surface area contributed by atoms with Gasteiger partial charge in [-0.3, -0.25) is 0 Å². The maximum absolute atomic E-state index is 14.1. The van der Waals surface area contributed by atoms with E-state index in [9.17, 15) is 27.5 Å². The number of aliphatic hydroxyl groups excluding tert-OH is 1. The molecular weight excluding hydrogens is 403 g/mol. The fourth-order valence-corrected chi connectivity index (χ4v) is 2.60. The number of aliphatic hydroxyl groups is 1. The van der Waals surface area contributed by atoms with Crippen molar-refractivity contribution >= 4 is 40.6 Å². The van der Waals surface area contributed by atoms with Crippen LogP contribution in [0.4, 0.5) is 33.7 Å². The molecule has 0 aliphatic rings. The van der Waals surface area contributed by atoms with Gasteiger partial charge < -0.3 is 20.5 Å². The molecule has 2 aromatic rings. The number of amides is 2. The van der Waals surface area contributed by atoms with E-state index in [1.54, 1.807) is 5.32 Å². The molecule has 0 atom stereocenters. The topological polar surface area (TPSA) is 70.6 Å². The third kappa shape index (κ3) is 3.79. The number of rotatable bonds is 4. The molecule has 2 aromatic carbocycles. The Morgan fingerprint density at radius 1 is 1.08 bits per heavy atom. The third-order valence-electron chi connectivity index (χ3n) is 3.23. The molecule has 5 nitrogen and oxygen atoms in total. The summed E-state index contributed by atoms with van der Waals surface area (Å²) in [4.78, 5) is 12.0.